The van der Waals surface area contributed by atoms with Crippen LogP contribution in [0.1, 0.15) is 43.4 Å². The molecule has 4 nitrogen and oxygen atoms in total. The van der Waals surface area contributed by atoms with Gasteiger partial charge in [0.25, 0.3) is 0 Å². The first-order chi connectivity index (χ1) is 16.2. The lowest BCUT2D eigenvalue weighted by atomic mass is 9.98. The molecule has 3 aliphatic rings. The summed E-state index contributed by atoms with van der Waals surface area (Å²) in [5.41, 5.74) is 5.31. The summed E-state index contributed by atoms with van der Waals surface area (Å²) in [6.45, 7) is 8.94. The minimum absolute atomic E-state index is 0.248. The zero-order chi connectivity index (χ0) is 22.5. The predicted octanol–water partition coefficient (Wildman–Crippen LogP) is 5.68. The summed E-state index contributed by atoms with van der Waals surface area (Å²) in [5, 5.41) is 2.85. The minimum Gasteiger partial charge on any atom is -0.323 e. The first-order valence-corrected chi connectivity index (χ1v) is 12.3. The van der Waals surface area contributed by atoms with Crippen LogP contribution in [-0.2, 0) is 11.2 Å². The van der Waals surface area contributed by atoms with Crippen LogP contribution in [0.3, 0.4) is 0 Å². The lowest BCUT2D eigenvalue weighted by Gasteiger charge is -2.41. The van der Waals surface area contributed by atoms with Crippen LogP contribution in [0.25, 0.3) is 10.8 Å². The van der Waals surface area contributed by atoms with Crippen molar-refractivity contribution >= 4 is 27.9 Å². The molecule has 4 heteroatoms. The van der Waals surface area contributed by atoms with Crippen molar-refractivity contribution in [3.63, 3.8) is 0 Å². The molecule has 0 spiro atoms. The highest BCUT2D eigenvalue weighted by Crippen LogP contribution is 2.45. The van der Waals surface area contributed by atoms with Crippen molar-refractivity contribution in [1.82, 2.24) is 4.90 Å². The van der Waals surface area contributed by atoms with Crippen molar-refractivity contribution in [2.45, 2.75) is 44.7 Å². The Kier molecular flexibility index (Phi) is 4.99. The Bertz CT molecular complexity index is 1240. The van der Waals surface area contributed by atoms with Gasteiger partial charge in [-0.25, -0.2) is 0 Å². The fourth-order valence-corrected chi connectivity index (χ4v) is 6.17. The molecule has 2 aliphatic heterocycles. The number of carbonyl (C=O) groups excluding carboxylic acids is 1. The maximum Gasteiger partial charge on any atom is 0.152 e. The van der Waals surface area contributed by atoms with Crippen LogP contribution in [0.15, 0.2) is 73.1 Å². The van der Waals surface area contributed by atoms with Gasteiger partial charge in [-0.05, 0) is 53.3 Å². The van der Waals surface area contributed by atoms with Crippen LogP contribution in [0, 0.1) is 0 Å². The lowest BCUT2D eigenvalue weighted by molar-refractivity contribution is -0.117. The van der Waals surface area contributed by atoms with Crippen molar-refractivity contribution in [1.29, 1.82) is 0 Å². The molecule has 1 aliphatic carbocycles. The van der Waals surface area contributed by atoms with Crippen LogP contribution in [-0.4, -0.2) is 36.4 Å². The number of carbonyl (C=O) groups is 1. The van der Waals surface area contributed by atoms with Gasteiger partial charge in [0.15, 0.2) is 5.78 Å². The van der Waals surface area contributed by atoms with E-state index in [2.05, 4.69) is 81.9 Å². The highest BCUT2D eigenvalue weighted by atomic mass is 16.1. The van der Waals surface area contributed by atoms with Gasteiger partial charge in [-0.2, -0.15) is 0 Å². The second-order valence-electron chi connectivity index (χ2n) is 9.60. The summed E-state index contributed by atoms with van der Waals surface area (Å²) in [4.78, 5) is 19.5. The number of fused-ring (bicyclic) bond motifs is 1. The van der Waals surface area contributed by atoms with E-state index in [-0.39, 0.29) is 5.78 Å². The minimum atomic E-state index is 0.248. The SMILES string of the molecule is C=C1N(CC(=O)CC)c2ccccc2N1C1CCN([C@@H]2Cc3cccc4cccc2c34)CC1. The average Bonchev–Trinajstić information content (AvgIpc) is 3.36. The number of piperidine rings is 1. The van der Waals surface area contributed by atoms with Gasteiger partial charge in [0, 0.05) is 31.6 Å². The number of ketones is 1. The Hall–Kier alpha value is -3.11. The Morgan fingerprint density at radius 3 is 2.45 bits per heavy atom. The van der Waals surface area contributed by atoms with Crippen LogP contribution in [0.5, 0.6) is 0 Å². The second kappa shape index (κ2) is 8.03. The van der Waals surface area contributed by atoms with Crippen molar-refractivity contribution in [3.05, 3.63) is 84.2 Å². The number of para-hydroxylation sites is 2. The summed E-state index contributed by atoms with van der Waals surface area (Å²) in [6.07, 6.45) is 3.88. The van der Waals surface area contributed by atoms with E-state index in [1.165, 1.54) is 27.6 Å². The van der Waals surface area contributed by atoms with E-state index < -0.39 is 0 Å². The molecule has 0 saturated carbocycles. The molecule has 33 heavy (non-hydrogen) atoms. The number of likely N-dealkylation sites (tertiary alicyclic amines) is 1. The predicted molar refractivity (Wildman–Crippen MR) is 136 cm³/mol. The normalized spacial score (nSPS) is 20.6. The van der Waals surface area contributed by atoms with Crippen molar-refractivity contribution in [2.75, 3.05) is 29.4 Å². The van der Waals surface area contributed by atoms with Gasteiger partial charge >= 0.3 is 0 Å². The third kappa shape index (κ3) is 3.27. The van der Waals surface area contributed by atoms with Crippen LogP contribution < -0.4 is 9.80 Å². The Balaban J connectivity index is 1.21. The lowest BCUT2D eigenvalue weighted by Crippen LogP contribution is -2.46. The molecule has 0 unspecified atom stereocenters. The molecule has 2 heterocycles. The maximum absolute atomic E-state index is 12.3. The largest absolute Gasteiger partial charge is 0.323 e. The van der Waals surface area contributed by atoms with E-state index in [4.69, 9.17) is 0 Å². The molecule has 3 aromatic carbocycles. The van der Waals surface area contributed by atoms with Crippen LogP contribution in [0.2, 0.25) is 0 Å². The van der Waals surface area contributed by atoms with E-state index in [1.54, 1.807) is 0 Å². The Labute approximate surface area is 196 Å². The van der Waals surface area contributed by atoms with Gasteiger partial charge in [-0.3, -0.25) is 9.69 Å². The summed E-state index contributed by atoms with van der Waals surface area (Å²) in [5.74, 6) is 1.20. The topological polar surface area (TPSA) is 26.8 Å². The number of hydrogen-bond acceptors (Lipinski definition) is 4. The standard InChI is InChI=1S/C29H31N3O/c1-3-24(33)19-31-20(2)32(27-13-5-4-12-26(27)31)23-14-16-30(17-15-23)28-18-22-10-6-8-21-9-7-11-25(28)29(21)22/h4-13,23,28H,2-3,14-19H2,1H3/t28-/m1/s1. The third-order valence-electron chi connectivity index (χ3n) is 7.85. The maximum atomic E-state index is 12.3. The molecule has 0 bridgehead atoms. The smallest absolute Gasteiger partial charge is 0.152 e. The molecule has 0 radical (unpaired) electrons. The number of benzene rings is 3. The van der Waals surface area contributed by atoms with Gasteiger partial charge in [-0.1, -0.05) is 62.0 Å². The molecule has 0 N–H and O–H groups in total. The molecular weight excluding hydrogens is 406 g/mol. The van der Waals surface area contributed by atoms with Crippen LogP contribution in [0.4, 0.5) is 11.4 Å². The number of hydrogen-bond donors (Lipinski definition) is 0. The van der Waals surface area contributed by atoms with Gasteiger partial charge < -0.3 is 9.80 Å². The highest BCUT2D eigenvalue weighted by molar-refractivity contribution is 5.92. The average molecular weight is 438 g/mol. The molecule has 0 amide bonds. The highest BCUT2D eigenvalue weighted by Gasteiger charge is 2.38. The molecule has 1 fully saturated rings. The summed E-state index contributed by atoms with van der Waals surface area (Å²) < 4.78 is 0. The fourth-order valence-electron chi connectivity index (χ4n) is 6.17. The third-order valence-corrected chi connectivity index (χ3v) is 7.85. The number of rotatable bonds is 5. The second-order valence-corrected chi connectivity index (χ2v) is 9.60. The van der Waals surface area contributed by atoms with E-state index in [0.29, 0.717) is 25.0 Å². The first-order valence-electron chi connectivity index (χ1n) is 12.3. The van der Waals surface area contributed by atoms with E-state index >= 15 is 0 Å². The number of anilines is 2. The number of Topliss-reactive ketones (excluding diaryl/α,β-unsaturated/α-hetero) is 1. The molecule has 1 saturated heterocycles. The molecular formula is C29H31N3O. The van der Waals surface area contributed by atoms with Gasteiger partial charge in [0.1, 0.15) is 5.82 Å². The zero-order valence-corrected chi connectivity index (χ0v) is 19.3. The Morgan fingerprint density at radius 1 is 0.970 bits per heavy atom. The van der Waals surface area contributed by atoms with E-state index in [9.17, 15) is 4.79 Å². The van der Waals surface area contributed by atoms with Gasteiger partial charge in [-0.15, -0.1) is 0 Å². The van der Waals surface area contributed by atoms with Crippen molar-refractivity contribution in [3.8, 4) is 0 Å². The molecule has 0 aromatic heterocycles. The Morgan fingerprint density at radius 2 is 1.70 bits per heavy atom. The monoisotopic (exact) mass is 437 g/mol. The molecule has 3 aromatic rings. The van der Waals surface area contributed by atoms with Gasteiger partial charge in [0.2, 0.25) is 0 Å². The number of nitrogens with zero attached hydrogens (tertiary/aromatic N) is 3. The van der Waals surface area contributed by atoms with Crippen molar-refractivity contribution in [2.24, 2.45) is 0 Å². The quantitative estimate of drug-likeness (QED) is 0.513. The first kappa shape index (κ1) is 20.5. The summed E-state index contributed by atoms with van der Waals surface area (Å²) in [6, 6.07) is 22.9. The van der Waals surface area contributed by atoms with Crippen molar-refractivity contribution < 1.29 is 4.79 Å². The zero-order valence-electron chi connectivity index (χ0n) is 19.3. The van der Waals surface area contributed by atoms with E-state index in [0.717, 1.165) is 43.9 Å². The summed E-state index contributed by atoms with van der Waals surface area (Å²) >= 11 is 0. The molecule has 6 rings (SSSR count). The van der Waals surface area contributed by atoms with Gasteiger partial charge in [0.05, 0.1) is 17.9 Å². The van der Waals surface area contributed by atoms with Crippen LogP contribution >= 0.6 is 0 Å². The molecule has 168 valence electrons. The van der Waals surface area contributed by atoms with E-state index in [1.807, 2.05) is 6.92 Å². The summed E-state index contributed by atoms with van der Waals surface area (Å²) in [7, 11) is 0. The fraction of sp³-hybridized carbons (Fsp3) is 0.345. The molecule has 1 atom stereocenters.